The van der Waals surface area contributed by atoms with Gasteiger partial charge in [0.15, 0.2) is 0 Å². The summed E-state index contributed by atoms with van der Waals surface area (Å²) < 4.78 is 0. The molecule has 0 saturated carbocycles. The number of hydrogen-bond acceptors (Lipinski definition) is 5. The molecule has 2 aromatic rings. The van der Waals surface area contributed by atoms with Crippen molar-refractivity contribution in [3.05, 3.63) is 69.8 Å². The van der Waals surface area contributed by atoms with Gasteiger partial charge in [0.1, 0.15) is 0 Å². The number of nitrogens with one attached hydrogen (secondary N) is 2. The second kappa shape index (κ2) is 7.82. The Morgan fingerprint density at radius 1 is 1.08 bits per heavy atom. The van der Waals surface area contributed by atoms with Crippen LogP contribution in [0.3, 0.4) is 0 Å². The lowest BCUT2D eigenvalue weighted by Gasteiger charge is -2.05. The Kier molecular flexibility index (Phi) is 5.57. The maximum Gasteiger partial charge on any atom is 0.329 e. The third-order valence-electron chi connectivity index (χ3n) is 3.32. The van der Waals surface area contributed by atoms with E-state index in [1.807, 2.05) is 6.92 Å². The summed E-state index contributed by atoms with van der Waals surface area (Å²) in [5, 5.41) is 17.0. The highest BCUT2D eigenvalue weighted by molar-refractivity contribution is 6.39. The third kappa shape index (κ3) is 4.96. The van der Waals surface area contributed by atoms with Gasteiger partial charge < -0.3 is 5.32 Å². The molecule has 25 heavy (non-hydrogen) atoms. The molecule has 0 aliphatic carbocycles. The number of nitrogens with zero attached hydrogens (tertiary/aromatic N) is 2. The molecule has 128 valence electrons. The van der Waals surface area contributed by atoms with Gasteiger partial charge in [-0.1, -0.05) is 29.8 Å². The number of anilines is 1. The summed E-state index contributed by atoms with van der Waals surface area (Å²) in [6.45, 7) is 3.47. The average Bonchev–Trinajstić information content (AvgIpc) is 2.61. The van der Waals surface area contributed by atoms with Crippen molar-refractivity contribution in [1.29, 1.82) is 0 Å². The Morgan fingerprint density at radius 2 is 1.76 bits per heavy atom. The van der Waals surface area contributed by atoms with Crippen molar-refractivity contribution in [2.24, 2.45) is 5.10 Å². The van der Waals surface area contributed by atoms with Crippen LogP contribution in [0.5, 0.6) is 0 Å². The molecule has 0 saturated heterocycles. The van der Waals surface area contributed by atoms with Crippen LogP contribution >= 0.6 is 0 Å². The molecule has 0 spiro atoms. The molecular formula is C17H16N4O4. The molecule has 0 unspecified atom stereocenters. The number of non-ortho nitro benzene ring substituents is 1. The van der Waals surface area contributed by atoms with Gasteiger partial charge in [-0.3, -0.25) is 19.7 Å². The summed E-state index contributed by atoms with van der Waals surface area (Å²) >= 11 is 0. The van der Waals surface area contributed by atoms with Gasteiger partial charge in [0, 0.05) is 23.4 Å². The van der Waals surface area contributed by atoms with Crippen molar-refractivity contribution in [3.8, 4) is 0 Å². The Balaban J connectivity index is 2.00. The SMILES string of the molecule is C/C(=N\NC(=O)C(=O)Nc1ccc(C)cc1)c1cccc([N+](=O)[O-])c1. The number of nitro groups is 1. The van der Waals surface area contributed by atoms with E-state index in [0.717, 1.165) is 5.56 Å². The largest absolute Gasteiger partial charge is 0.329 e. The number of hydrogen-bond donors (Lipinski definition) is 2. The van der Waals surface area contributed by atoms with E-state index >= 15 is 0 Å². The van der Waals surface area contributed by atoms with Crippen LogP contribution in [0.1, 0.15) is 18.1 Å². The quantitative estimate of drug-likeness (QED) is 0.385. The second-order valence-electron chi connectivity index (χ2n) is 5.27. The van der Waals surface area contributed by atoms with Crippen molar-refractivity contribution < 1.29 is 14.5 Å². The normalized spacial score (nSPS) is 10.9. The number of hydrazone groups is 1. The van der Waals surface area contributed by atoms with Gasteiger partial charge in [-0.2, -0.15) is 5.10 Å². The van der Waals surface area contributed by atoms with Crippen molar-refractivity contribution >= 4 is 28.9 Å². The van der Waals surface area contributed by atoms with Crippen LogP contribution in [0.15, 0.2) is 53.6 Å². The van der Waals surface area contributed by atoms with Crippen molar-refractivity contribution in [2.75, 3.05) is 5.32 Å². The number of nitro benzene ring substituents is 1. The third-order valence-corrected chi connectivity index (χ3v) is 3.32. The minimum Gasteiger partial charge on any atom is -0.318 e. The first kappa shape index (κ1) is 17.8. The number of rotatable bonds is 4. The molecular weight excluding hydrogens is 324 g/mol. The molecule has 0 aliphatic rings. The first-order valence-corrected chi connectivity index (χ1v) is 7.34. The molecule has 0 bridgehead atoms. The van der Waals surface area contributed by atoms with E-state index in [9.17, 15) is 19.7 Å². The fourth-order valence-corrected chi connectivity index (χ4v) is 1.92. The molecule has 0 heterocycles. The second-order valence-corrected chi connectivity index (χ2v) is 5.27. The fraction of sp³-hybridized carbons (Fsp3) is 0.118. The first-order valence-electron chi connectivity index (χ1n) is 7.34. The number of carbonyl (C=O) groups excluding carboxylic acids is 2. The van der Waals surface area contributed by atoms with E-state index in [-0.39, 0.29) is 5.69 Å². The summed E-state index contributed by atoms with van der Waals surface area (Å²) in [6, 6.07) is 12.8. The Labute approximate surface area is 143 Å². The van der Waals surface area contributed by atoms with Gasteiger partial charge in [-0.25, -0.2) is 5.43 Å². The smallest absolute Gasteiger partial charge is 0.318 e. The van der Waals surface area contributed by atoms with E-state index in [2.05, 4.69) is 15.8 Å². The van der Waals surface area contributed by atoms with Crippen LogP contribution in [-0.2, 0) is 9.59 Å². The van der Waals surface area contributed by atoms with Gasteiger partial charge in [0.25, 0.3) is 5.69 Å². The van der Waals surface area contributed by atoms with E-state index in [1.54, 1.807) is 37.3 Å². The van der Waals surface area contributed by atoms with Gasteiger partial charge in [0.05, 0.1) is 10.6 Å². The van der Waals surface area contributed by atoms with Crippen LogP contribution in [0.25, 0.3) is 0 Å². The van der Waals surface area contributed by atoms with Gasteiger partial charge >= 0.3 is 11.8 Å². The van der Waals surface area contributed by atoms with Crippen molar-refractivity contribution in [2.45, 2.75) is 13.8 Å². The highest BCUT2D eigenvalue weighted by atomic mass is 16.6. The number of aryl methyl sites for hydroxylation is 1. The fourth-order valence-electron chi connectivity index (χ4n) is 1.92. The summed E-state index contributed by atoms with van der Waals surface area (Å²) in [5.74, 6) is -1.80. The molecule has 0 aliphatic heterocycles. The van der Waals surface area contributed by atoms with Crippen molar-refractivity contribution in [1.82, 2.24) is 5.43 Å². The molecule has 2 N–H and O–H groups in total. The summed E-state index contributed by atoms with van der Waals surface area (Å²) in [5.41, 5.74) is 4.36. The molecule has 2 amide bonds. The van der Waals surface area contributed by atoms with Crippen LogP contribution in [0, 0.1) is 17.0 Å². The molecule has 2 aromatic carbocycles. The van der Waals surface area contributed by atoms with Crippen LogP contribution in [0.4, 0.5) is 11.4 Å². The molecule has 0 aromatic heterocycles. The predicted octanol–water partition coefficient (Wildman–Crippen LogP) is 2.38. The number of benzene rings is 2. The topological polar surface area (TPSA) is 114 Å². The summed E-state index contributed by atoms with van der Waals surface area (Å²) in [4.78, 5) is 33.8. The zero-order chi connectivity index (χ0) is 18.4. The van der Waals surface area contributed by atoms with Gasteiger partial charge in [0.2, 0.25) is 0 Å². The number of carbonyl (C=O) groups is 2. The molecule has 0 fully saturated rings. The molecule has 2 rings (SSSR count). The predicted molar refractivity (Wildman–Crippen MR) is 93.3 cm³/mol. The molecule has 0 atom stereocenters. The monoisotopic (exact) mass is 340 g/mol. The standard InChI is InChI=1S/C17H16N4O4/c1-11-6-8-14(9-7-11)18-16(22)17(23)20-19-12(2)13-4-3-5-15(10-13)21(24)25/h3-10H,1-2H3,(H,18,22)(H,20,23)/b19-12+. The minimum atomic E-state index is -0.939. The molecule has 8 heteroatoms. The lowest BCUT2D eigenvalue weighted by molar-refractivity contribution is -0.384. The first-order chi connectivity index (χ1) is 11.9. The number of amides is 2. The Bertz CT molecular complexity index is 844. The van der Waals surface area contributed by atoms with E-state index < -0.39 is 16.7 Å². The van der Waals surface area contributed by atoms with Crippen molar-refractivity contribution in [3.63, 3.8) is 0 Å². The maximum absolute atomic E-state index is 11.8. The van der Waals surface area contributed by atoms with E-state index in [0.29, 0.717) is 17.0 Å². The van der Waals surface area contributed by atoms with Crippen LogP contribution in [-0.4, -0.2) is 22.4 Å². The molecule has 0 radical (unpaired) electrons. The molecule has 8 nitrogen and oxygen atoms in total. The summed E-state index contributed by atoms with van der Waals surface area (Å²) in [7, 11) is 0. The van der Waals surface area contributed by atoms with E-state index in [4.69, 9.17) is 0 Å². The highest BCUT2D eigenvalue weighted by Gasteiger charge is 2.13. The minimum absolute atomic E-state index is 0.0875. The lowest BCUT2D eigenvalue weighted by Crippen LogP contribution is -2.32. The Hall–Kier alpha value is -3.55. The zero-order valence-electron chi connectivity index (χ0n) is 13.6. The average molecular weight is 340 g/mol. The van der Waals surface area contributed by atoms with E-state index in [1.165, 1.54) is 18.2 Å². The summed E-state index contributed by atoms with van der Waals surface area (Å²) in [6.07, 6.45) is 0. The van der Waals surface area contributed by atoms with Crippen LogP contribution < -0.4 is 10.7 Å². The van der Waals surface area contributed by atoms with Crippen LogP contribution in [0.2, 0.25) is 0 Å². The lowest BCUT2D eigenvalue weighted by atomic mass is 10.1. The highest BCUT2D eigenvalue weighted by Crippen LogP contribution is 2.13. The Morgan fingerprint density at radius 3 is 2.40 bits per heavy atom. The zero-order valence-corrected chi connectivity index (χ0v) is 13.6. The van der Waals surface area contributed by atoms with Gasteiger partial charge in [-0.15, -0.1) is 0 Å². The maximum atomic E-state index is 11.8. The van der Waals surface area contributed by atoms with Gasteiger partial charge in [-0.05, 0) is 26.0 Å².